The van der Waals surface area contributed by atoms with E-state index in [0.717, 1.165) is 0 Å². The van der Waals surface area contributed by atoms with Crippen LogP contribution in [0.2, 0.25) is 0 Å². The second kappa shape index (κ2) is 14.6. The first-order valence-corrected chi connectivity index (χ1v) is 17.2. The molecule has 1 spiro atoms. The summed E-state index contributed by atoms with van der Waals surface area (Å²) in [6.45, 7) is 7.74. The molecule has 47 heavy (non-hydrogen) atoms. The van der Waals surface area contributed by atoms with E-state index in [2.05, 4.69) is 21.2 Å². The number of carbonyl (C=O) groups excluding carboxylic acids is 4. The van der Waals surface area contributed by atoms with Gasteiger partial charge in [0.05, 0.1) is 31.2 Å². The van der Waals surface area contributed by atoms with Crippen LogP contribution in [0.15, 0.2) is 53.0 Å². The van der Waals surface area contributed by atoms with E-state index < -0.39 is 59.6 Å². The summed E-state index contributed by atoms with van der Waals surface area (Å²) >= 11 is 3.60. The average molecular weight is 717 g/mol. The van der Waals surface area contributed by atoms with E-state index in [4.69, 9.17) is 14.2 Å². The van der Waals surface area contributed by atoms with Gasteiger partial charge >= 0.3 is 5.97 Å². The Morgan fingerprint density at radius 3 is 2.43 bits per heavy atom. The third-order valence-corrected chi connectivity index (χ3v) is 10.2. The van der Waals surface area contributed by atoms with Crippen molar-refractivity contribution in [1.29, 1.82) is 0 Å². The van der Waals surface area contributed by atoms with E-state index in [9.17, 15) is 24.3 Å². The molecule has 256 valence electrons. The quantitative estimate of drug-likeness (QED) is 0.310. The van der Waals surface area contributed by atoms with Gasteiger partial charge in [0.25, 0.3) is 0 Å². The Kier molecular flexibility index (Phi) is 10.9. The fraction of sp³-hybridized carbons (Fsp3) is 0.600. The molecule has 1 aromatic rings. The molecule has 11 nitrogen and oxygen atoms in total. The van der Waals surface area contributed by atoms with Gasteiger partial charge in [0.2, 0.25) is 17.7 Å². The molecular formula is C35H46BrN3O8. The van der Waals surface area contributed by atoms with E-state index in [1.165, 1.54) is 12.0 Å². The van der Waals surface area contributed by atoms with Crippen LogP contribution in [-0.2, 0) is 33.4 Å². The molecule has 8 atom stereocenters. The Morgan fingerprint density at radius 1 is 1.06 bits per heavy atom. The van der Waals surface area contributed by atoms with E-state index >= 15 is 0 Å². The van der Waals surface area contributed by atoms with Gasteiger partial charge in [-0.3, -0.25) is 19.2 Å². The highest BCUT2D eigenvalue weighted by Crippen LogP contribution is 2.59. The number of methoxy groups -OCH3 is 1. The van der Waals surface area contributed by atoms with Crippen LogP contribution in [0.5, 0.6) is 0 Å². The van der Waals surface area contributed by atoms with Gasteiger partial charge in [0.1, 0.15) is 29.8 Å². The lowest BCUT2D eigenvalue weighted by Crippen LogP contribution is -2.59. The molecule has 4 aliphatic rings. The molecule has 5 rings (SSSR count). The number of ether oxygens (including phenoxy) is 3. The first kappa shape index (κ1) is 35.3. The normalized spacial score (nSPS) is 32.8. The smallest absolute Gasteiger partial charge is 0.313 e. The largest absolute Gasteiger partial charge is 0.455 e. The Balaban J connectivity index is 1.65. The summed E-state index contributed by atoms with van der Waals surface area (Å²) in [6, 6.07) is 6.33. The number of halogens is 1. The highest BCUT2D eigenvalue weighted by atomic mass is 79.9. The molecule has 4 heterocycles. The number of aliphatic hydroxyl groups excluding tert-OH is 1. The molecule has 0 aromatic heterocycles. The Morgan fingerprint density at radius 2 is 1.79 bits per heavy atom. The summed E-state index contributed by atoms with van der Waals surface area (Å²) in [5.74, 6) is -3.73. The molecule has 0 saturated carbocycles. The number of esters is 1. The second-order valence-electron chi connectivity index (χ2n) is 13.5. The minimum absolute atomic E-state index is 0.0655. The van der Waals surface area contributed by atoms with Gasteiger partial charge in [-0.05, 0) is 44.2 Å². The zero-order valence-electron chi connectivity index (χ0n) is 27.6. The highest BCUT2D eigenvalue weighted by molar-refractivity contribution is 9.11. The van der Waals surface area contributed by atoms with Crippen LogP contribution in [0.3, 0.4) is 0 Å². The first-order valence-electron chi connectivity index (χ1n) is 16.4. The number of rotatable bonds is 8. The summed E-state index contributed by atoms with van der Waals surface area (Å²) in [5.41, 5.74) is -0.814. The Hall–Kier alpha value is -3.06. The maximum atomic E-state index is 14.7. The van der Waals surface area contributed by atoms with E-state index in [1.807, 2.05) is 70.2 Å². The molecular weight excluding hydrogens is 670 g/mol. The molecule has 0 aliphatic carbocycles. The van der Waals surface area contributed by atoms with Gasteiger partial charge in [0, 0.05) is 30.6 Å². The molecule has 1 aromatic carbocycles. The van der Waals surface area contributed by atoms with Crippen LogP contribution in [0.25, 0.3) is 0 Å². The lowest BCUT2D eigenvalue weighted by molar-refractivity contribution is -0.163. The zero-order valence-corrected chi connectivity index (χ0v) is 29.2. The number of cyclic esters (lactones) is 1. The molecule has 12 heteroatoms. The molecule has 5 bridgehead atoms. The van der Waals surface area contributed by atoms with Crippen molar-refractivity contribution in [2.75, 3.05) is 26.9 Å². The maximum Gasteiger partial charge on any atom is 0.313 e. The summed E-state index contributed by atoms with van der Waals surface area (Å²) in [7, 11) is 1.51. The summed E-state index contributed by atoms with van der Waals surface area (Å²) in [4.78, 5) is 60.1. The number of fused-ring (bicyclic) bond motifs is 2. The van der Waals surface area contributed by atoms with Crippen molar-refractivity contribution in [3.8, 4) is 0 Å². The molecule has 3 amide bonds. The Bertz CT molecular complexity index is 1400. The van der Waals surface area contributed by atoms with Crippen molar-refractivity contribution < 1.29 is 38.5 Å². The third kappa shape index (κ3) is 6.66. The highest BCUT2D eigenvalue weighted by Gasteiger charge is 2.75. The number of nitrogens with one attached hydrogen (secondary N) is 1. The molecule has 4 aliphatic heterocycles. The third-order valence-electron chi connectivity index (χ3n) is 9.56. The van der Waals surface area contributed by atoms with Crippen molar-refractivity contribution in [1.82, 2.24) is 15.1 Å². The van der Waals surface area contributed by atoms with Crippen molar-refractivity contribution in [3.05, 3.63) is 58.6 Å². The fourth-order valence-electron chi connectivity index (χ4n) is 7.54. The number of aliphatic hydroxyl groups is 1. The van der Waals surface area contributed by atoms with Gasteiger partial charge in [-0.25, -0.2) is 0 Å². The summed E-state index contributed by atoms with van der Waals surface area (Å²) in [5, 5.41) is 13.6. The molecule has 2 fully saturated rings. The van der Waals surface area contributed by atoms with Crippen LogP contribution < -0.4 is 5.32 Å². The topological polar surface area (TPSA) is 135 Å². The monoisotopic (exact) mass is 715 g/mol. The van der Waals surface area contributed by atoms with Crippen molar-refractivity contribution >= 4 is 39.6 Å². The number of hydrogen-bond donors (Lipinski definition) is 2. The van der Waals surface area contributed by atoms with Crippen molar-refractivity contribution in [2.45, 2.75) is 88.9 Å². The number of hydrogen-bond acceptors (Lipinski definition) is 8. The zero-order chi connectivity index (χ0) is 34.0. The number of amides is 3. The predicted molar refractivity (Wildman–Crippen MR) is 177 cm³/mol. The molecule has 2 N–H and O–H groups in total. The van der Waals surface area contributed by atoms with E-state index in [0.29, 0.717) is 22.9 Å². The van der Waals surface area contributed by atoms with Crippen LogP contribution in [0, 0.1) is 17.8 Å². The van der Waals surface area contributed by atoms with Crippen LogP contribution in [-0.4, -0.2) is 101 Å². The molecule has 0 unspecified atom stereocenters. The van der Waals surface area contributed by atoms with Gasteiger partial charge in [-0.15, -0.1) is 0 Å². The summed E-state index contributed by atoms with van der Waals surface area (Å²) in [6.07, 6.45) is 4.74. The first-order chi connectivity index (χ1) is 22.4. The van der Waals surface area contributed by atoms with Crippen LogP contribution in [0.1, 0.15) is 58.6 Å². The number of carbonyl (C=O) groups is 4. The standard InChI is InChI=1S/C35H46BrN3O8/c1-20(2)16-23(18-40)39-31-33(43)38(21(3)4)15-11-7-10-14-26(41)37-25(19-45-5)29(22-12-8-6-9-13-22)46-34(44)27-28(32(39)42)35(31)17-24(36)30(27)47-35/h6-9,11-13,17,20-21,23,25,27-31,40H,10,14-16,18-19H2,1-5H3,(H,37,41)/b11-7-/t23-,25+,27-,28+,29+,30-,31-,35+/m1/s1. The van der Waals surface area contributed by atoms with E-state index in [1.54, 1.807) is 11.0 Å². The van der Waals surface area contributed by atoms with Gasteiger partial charge in [0.15, 0.2) is 0 Å². The maximum absolute atomic E-state index is 14.7. The Labute approximate surface area is 284 Å². The summed E-state index contributed by atoms with van der Waals surface area (Å²) < 4.78 is 18.9. The lowest BCUT2D eigenvalue weighted by Gasteiger charge is -2.40. The number of benzene rings is 1. The van der Waals surface area contributed by atoms with Crippen LogP contribution >= 0.6 is 15.9 Å². The molecule has 2 saturated heterocycles. The predicted octanol–water partition coefficient (Wildman–Crippen LogP) is 3.27. The number of nitrogens with zero attached hydrogens (tertiary/aromatic N) is 2. The molecule has 0 radical (unpaired) electrons. The van der Waals surface area contributed by atoms with Gasteiger partial charge < -0.3 is 34.4 Å². The van der Waals surface area contributed by atoms with Gasteiger partial charge in [-0.2, -0.15) is 0 Å². The average Bonchev–Trinajstić information content (AvgIpc) is 3.62. The minimum Gasteiger partial charge on any atom is -0.455 e. The minimum atomic E-state index is -1.46. The fourth-order valence-corrected chi connectivity index (χ4v) is 8.28. The van der Waals surface area contributed by atoms with Crippen molar-refractivity contribution in [3.63, 3.8) is 0 Å². The lowest BCUT2D eigenvalue weighted by atomic mass is 9.74. The van der Waals surface area contributed by atoms with Crippen LogP contribution in [0.4, 0.5) is 0 Å². The second-order valence-corrected chi connectivity index (χ2v) is 14.4. The van der Waals surface area contributed by atoms with Gasteiger partial charge in [-0.1, -0.05) is 72.3 Å². The number of likely N-dealkylation sites (tertiary alicyclic amines) is 1. The number of allylic oxidation sites excluding steroid dienone is 1. The SMILES string of the molecule is COC[C@@H]1NC(=O)CC/C=C\CN(C(C)C)C(=O)[C@H]2N([C@@H](CO)CC(C)C)C(=O)[C@@H]3[C@@H](C(=O)O[C@H]1c1ccccc1)[C@@H]1O[C@@]32C=C1Br. The van der Waals surface area contributed by atoms with Crippen molar-refractivity contribution in [2.24, 2.45) is 17.8 Å². The van der Waals surface area contributed by atoms with E-state index in [-0.39, 0.29) is 50.0 Å².